The molecule has 0 aliphatic carbocycles. The number of nitrogens with zero attached hydrogens (tertiary/aromatic N) is 5. The van der Waals surface area contributed by atoms with E-state index in [1.807, 2.05) is 13.1 Å². The van der Waals surface area contributed by atoms with Crippen LogP contribution in [0.25, 0.3) is 5.65 Å². The van der Waals surface area contributed by atoms with Gasteiger partial charge in [-0.3, -0.25) is 4.90 Å². The van der Waals surface area contributed by atoms with Gasteiger partial charge in [-0.15, -0.1) is 5.10 Å². The fourth-order valence-electron chi connectivity index (χ4n) is 3.12. The molecule has 0 saturated carbocycles. The quantitative estimate of drug-likeness (QED) is 0.816. The Bertz CT molecular complexity index is 686. The van der Waals surface area contributed by atoms with Crippen molar-refractivity contribution in [3.8, 4) is 6.01 Å². The second-order valence-corrected chi connectivity index (χ2v) is 6.57. The minimum atomic E-state index is 0.0628. The number of imidazole rings is 1. The van der Waals surface area contributed by atoms with E-state index in [4.69, 9.17) is 10.5 Å². The summed E-state index contributed by atoms with van der Waals surface area (Å²) >= 11 is 0. The number of ether oxygens (including phenoxy) is 1. The highest BCUT2D eigenvalue weighted by molar-refractivity contribution is 5.59. The Morgan fingerprint density at radius 2 is 2.33 bits per heavy atom. The lowest BCUT2D eigenvalue weighted by atomic mass is 10.2. The van der Waals surface area contributed by atoms with Gasteiger partial charge in [-0.25, -0.2) is 9.50 Å². The van der Waals surface area contributed by atoms with E-state index in [1.54, 1.807) is 4.52 Å². The van der Waals surface area contributed by atoms with Crippen molar-refractivity contribution in [2.75, 3.05) is 25.4 Å². The zero-order chi connectivity index (χ0) is 17.1. The molecule has 1 unspecified atom stereocenters. The smallest absolute Gasteiger partial charge is 0.336 e. The van der Waals surface area contributed by atoms with Crippen molar-refractivity contribution in [2.45, 2.75) is 52.3 Å². The van der Waals surface area contributed by atoms with Crippen molar-refractivity contribution in [3.63, 3.8) is 0 Å². The summed E-state index contributed by atoms with van der Waals surface area (Å²) in [6.45, 7) is 10.1. The lowest BCUT2D eigenvalue weighted by Gasteiger charge is -2.31. The Balaban J connectivity index is 1.82. The molecule has 1 fully saturated rings. The standard InChI is InChI=1S/C16H27N7O/c1-4-5-12(3)24-16-20-14(17)15-19-8-13(23(15)21-16)10-22-7-6-18-11(2)9-22/h8,11-12,18H,4-7,9-10H2,1-3H3,(H2,17,20,21)/t11-,12?/m1/s1. The van der Waals surface area contributed by atoms with Crippen LogP contribution in [0.1, 0.15) is 39.3 Å². The molecule has 2 aromatic heterocycles. The summed E-state index contributed by atoms with van der Waals surface area (Å²) in [6.07, 6.45) is 3.90. The summed E-state index contributed by atoms with van der Waals surface area (Å²) in [5.41, 5.74) is 7.63. The molecule has 0 aromatic carbocycles. The van der Waals surface area contributed by atoms with Gasteiger partial charge >= 0.3 is 6.01 Å². The fourth-order valence-corrected chi connectivity index (χ4v) is 3.12. The molecule has 24 heavy (non-hydrogen) atoms. The third kappa shape index (κ3) is 3.76. The van der Waals surface area contributed by atoms with Crippen LogP contribution in [0.5, 0.6) is 6.01 Å². The van der Waals surface area contributed by atoms with Crippen molar-refractivity contribution in [2.24, 2.45) is 0 Å². The molecule has 1 aliphatic rings. The molecule has 8 heteroatoms. The highest BCUT2D eigenvalue weighted by Crippen LogP contribution is 2.17. The number of fused-ring (bicyclic) bond motifs is 1. The molecule has 8 nitrogen and oxygen atoms in total. The molecule has 1 aliphatic heterocycles. The van der Waals surface area contributed by atoms with Crippen LogP contribution in [0, 0.1) is 0 Å². The molecule has 3 rings (SSSR count). The summed E-state index contributed by atoms with van der Waals surface area (Å²) in [5, 5.41) is 7.95. The lowest BCUT2D eigenvalue weighted by Crippen LogP contribution is -2.48. The van der Waals surface area contributed by atoms with Gasteiger partial charge in [0.15, 0.2) is 11.5 Å². The van der Waals surface area contributed by atoms with Gasteiger partial charge < -0.3 is 15.8 Å². The minimum absolute atomic E-state index is 0.0628. The average Bonchev–Trinajstić information content (AvgIpc) is 2.91. The summed E-state index contributed by atoms with van der Waals surface area (Å²) < 4.78 is 7.57. The number of anilines is 1. The average molecular weight is 333 g/mol. The summed E-state index contributed by atoms with van der Waals surface area (Å²) in [4.78, 5) is 11.0. The highest BCUT2D eigenvalue weighted by Gasteiger charge is 2.19. The predicted octanol–water partition coefficient (Wildman–Crippen LogP) is 1.07. The molecule has 0 spiro atoms. The van der Waals surface area contributed by atoms with Gasteiger partial charge in [0, 0.05) is 32.2 Å². The van der Waals surface area contributed by atoms with Crippen LogP contribution in [0.2, 0.25) is 0 Å². The number of rotatable bonds is 6. The van der Waals surface area contributed by atoms with Crippen LogP contribution in [-0.4, -0.2) is 56.3 Å². The van der Waals surface area contributed by atoms with E-state index in [9.17, 15) is 0 Å². The van der Waals surface area contributed by atoms with Crippen molar-refractivity contribution < 1.29 is 4.74 Å². The van der Waals surface area contributed by atoms with Gasteiger partial charge in [-0.05, 0) is 20.3 Å². The third-order valence-corrected chi connectivity index (χ3v) is 4.28. The topological polar surface area (TPSA) is 93.6 Å². The maximum atomic E-state index is 6.04. The van der Waals surface area contributed by atoms with Gasteiger partial charge in [0.05, 0.1) is 18.0 Å². The predicted molar refractivity (Wildman–Crippen MR) is 92.9 cm³/mol. The number of nitrogen functional groups attached to an aromatic ring is 1. The Kier molecular flexibility index (Phi) is 5.15. The largest absolute Gasteiger partial charge is 0.459 e. The van der Waals surface area contributed by atoms with Crippen LogP contribution in [0.4, 0.5) is 5.82 Å². The highest BCUT2D eigenvalue weighted by atomic mass is 16.5. The first-order valence-electron chi connectivity index (χ1n) is 8.69. The second-order valence-electron chi connectivity index (χ2n) is 6.57. The van der Waals surface area contributed by atoms with Crippen LogP contribution in [0.15, 0.2) is 6.20 Å². The first-order valence-corrected chi connectivity index (χ1v) is 8.69. The molecular formula is C16H27N7O. The molecule has 2 aromatic rings. The Morgan fingerprint density at radius 1 is 1.50 bits per heavy atom. The third-order valence-electron chi connectivity index (χ3n) is 4.28. The Morgan fingerprint density at radius 3 is 3.08 bits per heavy atom. The van der Waals surface area contributed by atoms with E-state index < -0.39 is 0 Å². The lowest BCUT2D eigenvalue weighted by molar-refractivity contribution is 0.186. The number of aromatic nitrogens is 4. The number of hydrogen-bond donors (Lipinski definition) is 2. The number of hydrogen-bond acceptors (Lipinski definition) is 7. The van der Waals surface area contributed by atoms with E-state index in [0.29, 0.717) is 23.5 Å². The van der Waals surface area contributed by atoms with Crippen LogP contribution in [-0.2, 0) is 6.54 Å². The van der Waals surface area contributed by atoms with Crippen LogP contribution < -0.4 is 15.8 Å². The van der Waals surface area contributed by atoms with Gasteiger partial charge in [0.25, 0.3) is 0 Å². The van der Waals surface area contributed by atoms with Crippen LogP contribution >= 0.6 is 0 Å². The number of piperazine rings is 1. The summed E-state index contributed by atoms with van der Waals surface area (Å²) in [6, 6.07) is 0.806. The van der Waals surface area contributed by atoms with E-state index in [1.165, 1.54) is 0 Å². The zero-order valence-corrected chi connectivity index (χ0v) is 14.7. The van der Waals surface area contributed by atoms with Gasteiger partial charge in [-0.2, -0.15) is 4.98 Å². The first-order chi connectivity index (χ1) is 11.6. The Hall–Kier alpha value is -1.93. The molecular weight excluding hydrogens is 306 g/mol. The van der Waals surface area contributed by atoms with E-state index >= 15 is 0 Å². The SMILES string of the molecule is CCCC(C)Oc1nc(N)c2ncc(CN3CCN[C@H](C)C3)n2n1. The molecule has 2 atom stereocenters. The summed E-state index contributed by atoms with van der Waals surface area (Å²) in [7, 11) is 0. The normalized spacial score (nSPS) is 20.4. The number of nitrogens with one attached hydrogen (secondary N) is 1. The van der Waals surface area contributed by atoms with Crippen molar-refractivity contribution in [1.29, 1.82) is 0 Å². The Labute approximate surface area is 142 Å². The monoisotopic (exact) mass is 333 g/mol. The molecule has 0 amide bonds. The summed E-state index contributed by atoms with van der Waals surface area (Å²) in [5.74, 6) is 0.351. The molecule has 132 valence electrons. The maximum absolute atomic E-state index is 6.04. The molecule has 0 bridgehead atoms. The van der Waals surface area contributed by atoms with E-state index in [0.717, 1.165) is 44.7 Å². The van der Waals surface area contributed by atoms with Crippen molar-refractivity contribution in [1.82, 2.24) is 29.8 Å². The van der Waals surface area contributed by atoms with E-state index in [2.05, 4.69) is 39.1 Å². The first kappa shape index (κ1) is 16.9. The van der Waals surface area contributed by atoms with Crippen molar-refractivity contribution in [3.05, 3.63) is 11.9 Å². The zero-order valence-electron chi connectivity index (χ0n) is 14.7. The van der Waals surface area contributed by atoms with Gasteiger partial charge in [-0.1, -0.05) is 13.3 Å². The van der Waals surface area contributed by atoms with Crippen molar-refractivity contribution >= 4 is 11.5 Å². The van der Waals surface area contributed by atoms with Crippen LogP contribution in [0.3, 0.4) is 0 Å². The minimum Gasteiger partial charge on any atom is -0.459 e. The fraction of sp³-hybridized carbons (Fsp3) is 0.688. The maximum Gasteiger partial charge on any atom is 0.336 e. The number of nitrogens with two attached hydrogens (primary N) is 1. The van der Waals surface area contributed by atoms with E-state index in [-0.39, 0.29) is 6.10 Å². The molecule has 0 radical (unpaired) electrons. The molecule has 3 N–H and O–H groups in total. The molecule has 1 saturated heterocycles. The second kappa shape index (κ2) is 7.31. The molecule has 3 heterocycles. The van der Waals surface area contributed by atoms with Gasteiger partial charge in [0.2, 0.25) is 0 Å². The van der Waals surface area contributed by atoms with Gasteiger partial charge in [0.1, 0.15) is 0 Å².